The van der Waals surface area contributed by atoms with Crippen LogP contribution in [0, 0.1) is 6.92 Å². The molecule has 0 unspecified atom stereocenters. The van der Waals surface area contributed by atoms with Gasteiger partial charge in [-0.3, -0.25) is 4.79 Å². The molecule has 4 nitrogen and oxygen atoms in total. The molecule has 0 bridgehead atoms. The Hall–Kier alpha value is -1.75. The van der Waals surface area contributed by atoms with Gasteiger partial charge in [0.25, 0.3) is 5.91 Å². The molecule has 94 valence electrons. The van der Waals surface area contributed by atoms with Crippen LogP contribution in [0.1, 0.15) is 16.1 Å². The molecule has 0 atom stereocenters. The first-order valence-corrected chi connectivity index (χ1v) is 6.10. The van der Waals surface area contributed by atoms with Crippen molar-refractivity contribution in [2.24, 2.45) is 0 Å². The molecule has 0 fully saturated rings. The number of hydrogen-bond acceptors (Lipinski definition) is 3. The number of carbonyl (C=O) groups is 1. The molecule has 18 heavy (non-hydrogen) atoms. The second kappa shape index (κ2) is 5.27. The summed E-state index contributed by atoms with van der Waals surface area (Å²) in [7, 11) is 1.56. The Morgan fingerprint density at radius 2 is 2.17 bits per heavy atom. The third-order valence-electron chi connectivity index (χ3n) is 2.51. The summed E-state index contributed by atoms with van der Waals surface area (Å²) in [6.07, 6.45) is 1.49. The lowest BCUT2D eigenvalue weighted by Crippen LogP contribution is -2.12. The number of ether oxygens (including phenoxy) is 1. The Kier molecular flexibility index (Phi) is 3.72. The maximum Gasteiger partial charge on any atom is 0.259 e. The van der Waals surface area contributed by atoms with Crippen molar-refractivity contribution in [3.05, 3.63) is 46.3 Å². The number of amides is 1. The normalized spacial score (nSPS) is 10.2. The summed E-state index contributed by atoms with van der Waals surface area (Å²) in [6.45, 7) is 1.74. The van der Waals surface area contributed by atoms with Crippen LogP contribution in [-0.2, 0) is 0 Å². The van der Waals surface area contributed by atoms with Crippen LogP contribution >= 0.6 is 15.9 Å². The summed E-state index contributed by atoms with van der Waals surface area (Å²) in [6, 6.07) is 7.04. The summed E-state index contributed by atoms with van der Waals surface area (Å²) in [4.78, 5) is 12.0. The highest BCUT2D eigenvalue weighted by Gasteiger charge is 2.13. The standard InChI is InChI=1S/C13H12BrNO3/c1-8-10(5-6-18-8)13(16)15-11-7-9(14)3-4-12(11)17-2/h3-7H,1-2H3,(H,15,16). The number of halogens is 1. The summed E-state index contributed by atoms with van der Waals surface area (Å²) in [5.74, 6) is 0.965. The number of carbonyl (C=O) groups excluding carboxylic acids is 1. The van der Waals surface area contributed by atoms with E-state index in [1.54, 1.807) is 32.2 Å². The first kappa shape index (κ1) is 12.7. The molecule has 2 rings (SSSR count). The van der Waals surface area contributed by atoms with Crippen LogP contribution in [0.25, 0.3) is 0 Å². The Morgan fingerprint density at radius 1 is 1.39 bits per heavy atom. The van der Waals surface area contributed by atoms with Crippen molar-refractivity contribution in [2.75, 3.05) is 12.4 Å². The van der Waals surface area contributed by atoms with E-state index in [-0.39, 0.29) is 5.91 Å². The molecular weight excluding hydrogens is 298 g/mol. The van der Waals surface area contributed by atoms with Crippen molar-refractivity contribution >= 4 is 27.5 Å². The Morgan fingerprint density at radius 3 is 2.78 bits per heavy atom. The highest BCUT2D eigenvalue weighted by molar-refractivity contribution is 9.10. The molecule has 2 aromatic rings. The molecule has 1 aromatic heterocycles. The van der Waals surface area contributed by atoms with Crippen LogP contribution in [0.2, 0.25) is 0 Å². The summed E-state index contributed by atoms with van der Waals surface area (Å²) < 4.78 is 11.2. The number of hydrogen-bond donors (Lipinski definition) is 1. The van der Waals surface area contributed by atoms with Crippen molar-refractivity contribution in [2.45, 2.75) is 6.92 Å². The maximum absolute atomic E-state index is 12.0. The molecule has 0 saturated heterocycles. The van der Waals surface area contributed by atoms with Gasteiger partial charge in [0.2, 0.25) is 0 Å². The molecule has 0 spiro atoms. The Bertz CT molecular complexity index is 577. The lowest BCUT2D eigenvalue weighted by Gasteiger charge is -2.10. The van der Waals surface area contributed by atoms with Crippen molar-refractivity contribution in [3.8, 4) is 5.75 Å². The minimum absolute atomic E-state index is 0.224. The monoisotopic (exact) mass is 309 g/mol. The molecule has 0 aliphatic rings. The van der Waals surface area contributed by atoms with E-state index in [1.165, 1.54) is 6.26 Å². The highest BCUT2D eigenvalue weighted by Crippen LogP contribution is 2.28. The second-order valence-electron chi connectivity index (χ2n) is 3.69. The summed E-state index contributed by atoms with van der Waals surface area (Å²) in [5.41, 5.74) is 1.12. The average molecular weight is 310 g/mol. The van der Waals surface area contributed by atoms with Crippen LogP contribution in [-0.4, -0.2) is 13.0 Å². The van der Waals surface area contributed by atoms with Gasteiger partial charge in [0.05, 0.1) is 24.6 Å². The van der Waals surface area contributed by atoms with E-state index in [0.29, 0.717) is 22.8 Å². The second-order valence-corrected chi connectivity index (χ2v) is 4.60. The number of rotatable bonds is 3. The van der Waals surface area contributed by atoms with E-state index in [0.717, 1.165) is 4.47 Å². The van der Waals surface area contributed by atoms with Gasteiger partial charge in [-0.15, -0.1) is 0 Å². The maximum atomic E-state index is 12.0. The molecule has 0 radical (unpaired) electrons. The largest absolute Gasteiger partial charge is 0.495 e. The molecule has 0 aliphatic carbocycles. The molecule has 1 N–H and O–H groups in total. The zero-order valence-electron chi connectivity index (χ0n) is 9.99. The van der Waals surface area contributed by atoms with Crippen LogP contribution in [0.5, 0.6) is 5.75 Å². The third kappa shape index (κ3) is 2.56. The van der Waals surface area contributed by atoms with E-state index < -0.39 is 0 Å². The summed E-state index contributed by atoms with van der Waals surface area (Å²) in [5, 5.41) is 2.79. The van der Waals surface area contributed by atoms with Gasteiger partial charge in [0.15, 0.2) is 0 Å². The molecule has 1 aromatic carbocycles. The minimum Gasteiger partial charge on any atom is -0.495 e. The van der Waals surface area contributed by atoms with Gasteiger partial charge in [-0.1, -0.05) is 15.9 Å². The van der Waals surface area contributed by atoms with Gasteiger partial charge >= 0.3 is 0 Å². The fourth-order valence-electron chi connectivity index (χ4n) is 1.59. The molecular formula is C13H12BrNO3. The minimum atomic E-state index is -0.224. The molecule has 0 saturated carbocycles. The van der Waals surface area contributed by atoms with Gasteiger partial charge in [-0.25, -0.2) is 0 Å². The van der Waals surface area contributed by atoms with Gasteiger partial charge in [-0.2, -0.15) is 0 Å². The number of aryl methyl sites for hydroxylation is 1. The zero-order valence-corrected chi connectivity index (χ0v) is 11.6. The average Bonchev–Trinajstić information content (AvgIpc) is 2.76. The van der Waals surface area contributed by atoms with Crippen LogP contribution in [0.15, 0.2) is 39.4 Å². The first-order valence-electron chi connectivity index (χ1n) is 5.31. The van der Waals surface area contributed by atoms with Gasteiger partial charge < -0.3 is 14.5 Å². The number of nitrogens with one attached hydrogen (secondary N) is 1. The quantitative estimate of drug-likeness (QED) is 0.942. The van der Waals surface area contributed by atoms with Crippen LogP contribution < -0.4 is 10.1 Å². The van der Waals surface area contributed by atoms with Crippen LogP contribution in [0.4, 0.5) is 5.69 Å². The first-order chi connectivity index (χ1) is 8.61. The van der Waals surface area contributed by atoms with E-state index in [2.05, 4.69) is 21.2 Å². The number of anilines is 1. The van der Waals surface area contributed by atoms with E-state index in [1.807, 2.05) is 6.07 Å². The SMILES string of the molecule is COc1ccc(Br)cc1NC(=O)c1ccoc1C. The van der Waals surface area contributed by atoms with E-state index in [4.69, 9.17) is 9.15 Å². The van der Waals surface area contributed by atoms with Crippen molar-refractivity contribution in [3.63, 3.8) is 0 Å². The Labute approximate surface area is 113 Å². The third-order valence-corrected chi connectivity index (χ3v) is 3.01. The lowest BCUT2D eigenvalue weighted by atomic mass is 10.2. The fourth-order valence-corrected chi connectivity index (χ4v) is 1.95. The molecule has 1 heterocycles. The predicted molar refractivity (Wildman–Crippen MR) is 72.1 cm³/mol. The van der Waals surface area contributed by atoms with Crippen LogP contribution in [0.3, 0.4) is 0 Å². The lowest BCUT2D eigenvalue weighted by molar-refractivity contribution is 0.102. The van der Waals surface area contributed by atoms with Gasteiger partial charge in [0.1, 0.15) is 11.5 Å². The van der Waals surface area contributed by atoms with Gasteiger partial charge in [-0.05, 0) is 31.2 Å². The topological polar surface area (TPSA) is 51.5 Å². The van der Waals surface area contributed by atoms with Crippen molar-refractivity contribution < 1.29 is 13.9 Å². The van der Waals surface area contributed by atoms with E-state index >= 15 is 0 Å². The highest BCUT2D eigenvalue weighted by atomic mass is 79.9. The van der Waals surface area contributed by atoms with Crippen molar-refractivity contribution in [1.29, 1.82) is 0 Å². The number of benzene rings is 1. The molecule has 0 aliphatic heterocycles. The number of methoxy groups -OCH3 is 1. The fraction of sp³-hybridized carbons (Fsp3) is 0.154. The number of furan rings is 1. The van der Waals surface area contributed by atoms with E-state index in [9.17, 15) is 4.79 Å². The smallest absolute Gasteiger partial charge is 0.259 e. The van der Waals surface area contributed by atoms with Crippen molar-refractivity contribution in [1.82, 2.24) is 0 Å². The summed E-state index contributed by atoms with van der Waals surface area (Å²) >= 11 is 3.35. The molecule has 5 heteroatoms. The Balaban J connectivity index is 2.27. The predicted octanol–water partition coefficient (Wildman–Crippen LogP) is 3.61. The molecule has 1 amide bonds. The zero-order chi connectivity index (χ0) is 13.1. The van der Waals surface area contributed by atoms with Gasteiger partial charge in [0, 0.05) is 4.47 Å².